The van der Waals surface area contributed by atoms with Gasteiger partial charge in [-0.15, -0.1) is 0 Å². The summed E-state index contributed by atoms with van der Waals surface area (Å²) < 4.78 is 0. The number of anilines is 1. The van der Waals surface area contributed by atoms with Gasteiger partial charge in [0, 0.05) is 25.8 Å². The van der Waals surface area contributed by atoms with Gasteiger partial charge in [0.25, 0.3) is 5.91 Å². The second-order valence-corrected chi connectivity index (χ2v) is 5.36. The molecule has 0 aliphatic carbocycles. The first-order chi connectivity index (χ1) is 9.56. The summed E-state index contributed by atoms with van der Waals surface area (Å²) in [5.41, 5.74) is 1.69. The fourth-order valence-corrected chi connectivity index (χ4v) is 2.01. The van der Waals surface area contributed by atoms with Crippen molar-refractivity contribution in [3.05, 3.63) is 29.8 Å². The van der Waals surface area contributed by atoms with E-state index >= 15 is 0 Å². The summed E-state index contributed by atoms with van der Waals surface area (Å²) in [7, 11) is 5.96. The van der Waals surface area contributed by atoms with Crippen LogP contribution in [-0.2, 0) is 0 Å². The number of hydrogen-bond acceptors (Lipinski definition) is 3. The third-order valence-electron chi connectivity index (χ3n) is 3.17. The van der Waals surface area contributed by atoms with Crippen LogP contribution in [0.5, 0.6) is 0 Å². The monoisotopic (exact) mass is 277 g/mol. The van der Waals surface area contributed by atoms with E-state index in [1.165, 1.54) is 0 Å². The number of nitrogens with one attached hydrogen (secondary N) is 1. The first-order valence-corrected chi connectivity index (χ1v) is 7.29. The van der Waals surface area contributed by atoms with Gasteiger partial charge in [0.05, 0.1) is 5.56 Å². The van der Waals surface area contributed by atoms with Crippen molar-refractivity contribution in [3.8, 4) is 0 Å². The van der Waals surface area contributed by atoms with Crippen LogP contribution in [0.25, 0.3) is 0 Å². The molecule has 4 heteroatoms. The normalized spacial score (nSPS) is 10.7. The lowest BCUT2D eigenvalue weighted by Crippen LogP contribution is -2.30. The Balaban J connectivity index is 2.65. The van der Waals surface area contributed by atoms with Crippen molar-refractivity contribution in [2.75, 3.05) is 46.1 Å². The predicted octanol–water partition coefficient (Wildman–Crippen LogP) is 2.53. The lowest BCUT2D eigenvalue weighted by molar-refractivity contribution is 0.0791. The number of benzene rings is 1. The van der Waals surface area contributed by atoms with Crippen molar-refractivity contribution in [2.24, 2.45) is 0 Å². The van der Waals surface area contributed by atoms with E-state index in [0.717, 1.165) is 43.7 Å². The largest absolute Gasteiger partial charge is 0.384 e. The Bertz CT molecular complexity index is 418. The molecule has 20 heavy (non-hydrogen) atoms. The fraction of sp³-hybridized carbons (Fsp3) is 0.562. The van der Waals surface area contributed by atoms with Crippen LogP contribution in [0.3, 0.4) is 0 Å². The molecule has 1 rings (SSSR count). The minimum Gasteiger partial charge on any atom is -0.384 e. The van der Waals surface area contributed by atoms with Crippen LogP contribution < -0.4 is 5.32 Å². The van der Waals surface area contributed by atoms with Gasteiger partial charge in [0.15, 0.2) is 0 Å². The maximum atomic E-state index is 12.5. The zero-order chi connectivity index (χ0) is 15.0. The van der Waals surface area contributed by atoms with Crippen LogP contribution in [0.2, 0.25) is 0 Å². The zero-order valence-electron chi connectivity index (χ0n) is 13.1. The highest BCUT2D eigenvalue weighted by molar-refractivity contribution is 5.99. The third kappa shape index (κ3) is 5.21. The average Bonchev–Trinajstić information content (AvgIpc) is 2.44. The van der Waals surface area contributed by atoms with Crippen molar-refractivity contribution in [1.29, 1.82) is 0 Å². The molecule has 4 nitrogen and oxygen atoms in total. The summed E-state index contributed by atoms with van der Waals surface area (Å²) in [5, 5.41) is 3.32. The highest BCUT2D eigenvalue weighted by atomic mass is 16.2. The molecule has 0 fully saturated rings. The number of hydrogen-bond donors (Lipinski definition) is 1. The zero-order valence-corrected chi connectivity index (χ0v) is 13.1. The Morgan fingerprint density at radius 1 is 1.15 bits per heavy atom. The Labute approximate surface area is 122 Å². The molecular weight excluding hydrogens is 250 g/mol. The third-order valence-corrected chi connectivity index (χ3v) is 3.17. The van der Waals surface area contributed by atoms with E-state index in [4.69, 9.17) is 0 Å². The maximum absolute atomic E-state index is 12.5. The van der Waals surface area contributed by atoms with Gasteiger partial charge in [-0.2, -0.15) is 0 Å². The molecule has 0 aromatic heterocycles. The number of para-hydroxylation sites is 1. The summed E-state index contributed by atoms with van der Waals surface area (Å²) in [4.78, 5) is 16.4. The van der Waals surface area contributed by atoms with E-state index in [-0.39, 0.29) is 5.91 Å². The summed E-state index contributed by atoms with van der Waals surface area (Å²) >= 11 is 0. The number of carbonyl (C=O) groups excluding carboxylic acids is 1. The van der Waals surface area contributed by atoms with Gasteiger partial charge < -0.3 is 15.1 Å². The van der Waals surface area contributed by atoms with Crippen LogP contribution in [0.1, 0.15) is 30.1 Å². The molecule has 1 N–H and O–H groups in total. The van der Waals surface area contributed by atoms with Crippen LogP contribution in [0.15, 0.2) is 24.3 Å². The Kier molecular flexibility index (Phi) is 7.09. The Hall–Kier alpha value is -1.55. The standard InChI is InChI=1S/C16H27N3O/c1-5-11-17-15-10-7-6-9-14(15)16(20)19(4)13-8-12-18(2)3/h6-7,9-10,17H,5,8,11-13H2,1-4H3. The van der Waals surface area contributed by atoms with Crippen LogP contribution in [0, 0.1) is 0 Å². The molecule has 0 saturated heterocycles. The molecule has 0 saturated carbocycles. The molecular formula is C16H27N3O. The van der Waals surface area contributed by atoms with Crippen LogP contribution >= 0.6 is 0 Å². The smallest absolute Gasteiger partial charge is 0.255 e. The molecule has 0 radical (unpaired) electrons. The molecule has 0 atom stereocenters. The average molecular weight is 277 g/mol. The second kappa shape index (κ2) is 8.59. The second-order valence-electron chi connectivity index (χ2n) is 5.36. The van der Waals surface area contributed by atoms with Crippen molar-refractivity contribution in [3.63, 3.8) is 0 Å². The highest BCUT2D eigenvalue weighted by Gasteiger charge is 2.14. The van der Waals surface area contributed by atoms with Crippen molar-refractivity contribution >= 4 is 11.6 Å². The number of nitrogens with zero attached hydrogens (tertiary/aromatic N) is 2. The molecule has 0 unspecified atom stereocenters. The van der Waals surface area contributed by atoms with Crippen LogP contribution in [-0.4, -0.2) is 56.5 Å². The van der Waals surface area contributed by atoms with E-state index in [1.54, 1.807) is 4.90 Å². The number of amides is 1. The lowest BCUT2D eigenvalue weighted by Gasteiger charge is -2.20. The molecule has 0 spiro atoms. The number of rotatable bonds is 8. The fourth-order valence-electron chi connectivity index (χ4n) is 2.01. The molecule has 0 aliphatic rings. The first-order valence-electron chi connectivity index (χ1n) is 7.29. The molecule has 112 valence electrons. The van der Waals surface area contributed by atoms with E-state index < -0.39 is 0 Å². The van der Waals surface area contributed by atoms with Crippen molar-refractivity contribution < 1.29 is 4.79 Å². The maximum Gasteiger partial charge on any atom is 0.255 e. The molecule has 0 heterocycles. The predicted molar refractivity (Wildman–Crippen MR) is 85.4 cm³/mol. The van der Waals surface area contributed by atoms with Crippen molar-refractivity contribution in [1.82, 2.24) is 9.80 Å². The molecule has 1 amide bonds. The van der Waals surface area contributed by atoms with Gasteiger partial charge in [-0.05, 0) is 45.6 Å². The SMILES string of the molecule is CCCNc1ccccc1C(=O)N(C)CCCN(C)C. The van der Waals surface area contributed by atoms with Gasteiger partial charge in [0.2, 0.25) is 0 Å². The van der Waals surface area contributed by atoms with E-state index in [9.17, 15) is 4.79 Å². The van der Waals surface area contributed by atoms with Crippen molar-refractivity contribution in [2.45, 2.75) is 19.8 Å². The van der Waals surface area contributed by atoms with Crippen LogP contribution in [0.4, 0.5) is 5.69 Å². The minimum absolute atomic E-state index is 0.0861. The van der Waals surface area contributed by atoms with Gasteiger partial charge in [0.1, 0.15) is 0 Å². The Morgan fingerprint density at radius 2 is 1.85 bits per heavy atom. The topological polar surface area (TPSA) is 35.6 Å². The minimum atomic E-state index is 0.0861. The Morgan fingerprint density at radius 3 is 2.50 bits per heavy atom. The molecule has 1 aromatic rings. The summed E-state index contributed by atoms with van der Waals surface area (Å²) in [6.45, 7) is 4.77. The summed E-state index contributed by atoms with van der Waals surface area (Å²) in [6.07, 6.45) is 2.03. The van der Waals surface area contributed by atoms with Gasteiger partial charge in [-0.3, -0.25) is 4.79 Å². The molecule has 0 aliphatic heterocycles. The molecule has 1 aromatic carbocycles. The van der Waals surface area contributed by atoms with Gasteiger partial charge in [-0.25, -0.2) is 0 Å². The quantitative estimate of drug-likeness (QED) is 0.793. The summed E-state index contributed by atoms with van der Waals surface area (Å²) in [5.74, 6) is 0.0861. The van der Waals surface area contributed by atoms with E-state index in [0.29, 0.717) is 0 Å². The van der Waals surface area contributed by atoms with Gasteiger partial charge >= 0.3 is 0 Å². The molecule has 0 bridgehead atoms. The first kappa shape index (κ1) is 16.5. The lowest BCUT2D eigenvalue weighted by atomic mass is 10.1. The highest BCUT2D eigenvalue weighted by Crippen LogP contribution is 2.17. The van der Waals surface area contributed by atoms with Gasteiger partial charge in [-0.1, -0.05) is 19.1 Å². The van der Waals surface area contributed by atoms with E-state index in [1.807, 2.05) is 45.4 Å². The summed E-state index contributed by atoms with van der Waals surface area (Å²) in [6, 6.07) is 7.73. The van der Waals surface area contributed by atoms with E-state index in [2.05, 4.69) is 17.1 Å². The number of carbonyl (C=O) groups is 1.